The van der Waals surface area contributed by atoms with E-state index in [9.17, 15) is 4.79 Å². The standard InChI is InChI=1S/C19H24N2O/c1-15-9-10-16(2)18(13-15)20-12-11-19(22)21(3)14-17-7-5-4-6-8-17/h4-10,13,20H,11-12,14H2,1-3H3. The van der Waals surface area contributed by atoms with Crippen LogP contribution in [0.25, 0.3) is 0 Å². The van der Waals surface area contributed by atoms with Crippen molar-refractivity contribution < 1.29 is 4.79 Å². The first kappa shape index (κ1) is 16.1. The van der Waals surface area contributed by atoms with Crippen LogP contribution in [0.5, 0.6) is 0 Å². The number of rotatable bonds is 6. The van der Waals surface area contributed by atoms with Crippen molar-refractivity contribution in [3.8, 4) is 0 Å². The number of nitrogens with zero attached hydrogens (tertiary/aromatic N) is 1. The van der Waals surface area contributed by atoms with Gasteiger partial charge >= 0.3 is 0 Å². The number of hydrogen-bond acceptors (Lipinski definition) is 2. The molecule has 0 fully saturated rings. The average Bonchev–Trinajstić information content (AvgIpc) is 2.51. The van der Waals surface area contributed by atoms with Gasteiger partial charge in [0.2, 0.25) is 5.91 Å². The van der Waals surface area contributed by atoms with Gasteiger partial charge in [-0.05, 0) is 36.6 Å². The topological polar surface area (TPSA) is 32.3 Å². The van der Waals surface area contributed by atoms with Crippen molar-refractivity contribution in [1.82, 2.24) is 4.90 Å². The largest absolute Gasteiger partial charge is 0.384 e. The summed E-state index contributed by atoms with van der Waals surface area (Å²) in [4.78, 5) is 14.0. The van der Waals surface area contributed by atoms with Crippen LogP contribution in [-0.2, 0) is 11.3 Å². The Morgan fingerprint density at radius 2 is 1.82 bits per heavy atom. The fourth-order valence-electron chi connectivity index (χ4n) is 2.37. The molecule has 0 bridgehead atoms. The summed E-state index contributed by atoms with van der Waals surface area (Å²) in [7, 11) is 1.85. The molecule has 3 nitrogen and oxygen atoms in total. The Kier molecular flexibility index (Phi) is 5.59. The van der Waals surface area contributed by atoms with Gasteiger partial charge in [-0.2, -0.15) is 0 Å². The van der Waals surface area contributed by atoms with Gasteiger partial charge in [0, 0.05) is 32.2 Å². The van der Waals surface area contributed by atoms with Crippen molar-refractivity contribution in [2.75, 3.05) is 18.9 Å². The van der Waals surface area contributed by atoms with E-state index in [4.69, 9.17) is 0 Å². The molecule has 0 saturated carbocycles. The molecular weight excluding hydrogens is 272 g/mol. The summed E-state index contributed by atoms with van der Waals surface area (Å²) in [6.07, 6.45) is 0.497. The summed E-state index contributed by atoms with van der Waals surface area (Å²) < 4.78 is 0. The molecule has 116 valence electrons. The van der Waals surface area contributed by atoms with Crippen molar-refractivity contribution in [3.63, 3.8) is 0 Å². The van der Waals surface area contributed by atoms with Crippen LogP contribution < -0.4 is 5.32 Å². The predicted octanol–water partition coefficient (Wildman–Crippen LogP) is 3.76. The lowest BCUT2D eigenvalue weighted by Crippen LogP contribution is -2.27. The lowest BCUT2D eigenvalue weighted by molar-refractivity contribution is -0.130. The molecule has 1 amide bonds. The lowest BCUT2D eigenvalue weighted by Gasteiger charge is -2.18. The average molecular weight is 296 g/mol. The van der Waals surface area contributed by atoms with E-state index in [1.54, 1.807) is 4.90 Å². The summed E-state index contributed by atoms with van der Waals surface area (Å²) in [5, 5.41) is 3.36. The van der Waals surface area contributed by atoms with Gasteiger partial charge < -0.3 is 10.2 Å². The third kappa shape index (κ3) is 4.62. The van der Waals surface area contributed by atoms with Gasteiger partial charge in [-0.25, -0.2) is 0 Å². The zero-order valence-electron chi connectivity index (χ0n) is 13.6. The number of carbonyl (C=O) groups excluding carboxylic acids is 1. The molecular formula is C19H24N2O. The molecule has 22 heavy (non-hydrogen) atoms. The highest BCUT2D eigenvalue weighted by molar-refractivity contribution is 5.76. The molecule has 0 saturated heterocycles. The molecule has 0 radical (unpaired) electrons. The maximum absolute atomic E-state index is 12.2. The Morgan fingerprint density at radius 3 is 2.55 bits per heavy atom. The first-order valence-electron chi connectivity index (χ1n) is 7.65. The summed E-state index contributed by atoms with van der Waals surface area (Å²) in [5.74, 6) is 0.154. The Bertz CT molecular complexity index is 623. The number of amides is 1. The maximum Gasteiger partial charge on any atom is 0.224 e. The van der Waals surface area contributed by atoms with Crippen molar-refractivity contribution in [2.24, 2.45) is 0 Å². The summed E-state index contributed by atoms with van der Waals surface area (Å²) in [6.45, 7) is 5.46. The Labute approximate surface area is 133 Å². The second-order valence-electron chi connectivity index (χ2n) is 5.73. The van der Waals surface area contributed by atoms with Gasteiger partial charge in [0.15, 0.2) is 0 Å². The zero-order chi connectivity index (χ0) is 15.9. The van der Waals surface area contributed by atoms with Crippen LogP contribution in [0.1, 0.15) is 23.1 Å². The minimum absolute atomic E-state index is 0.154. The number of benzene rings is 2. The Morgan fingerprint density at radius 1 is 1.09 bits per heavy atom. The molecule has 0 heterocycles. The maximum atomic E-state index is 12.2. The highest BCUT2D eigenvalue weighted by Crippen LogP contribution is 2.16. The molecule has 0 unspecified atom stereocenters. The van der Waals surface area contributed by atoms with E-state index in [0.29, 0.717) is 19.5 Å². The van der Waals surface area contributed by atoms with Crippen LogP contribution in [0.15, 0.2) is 48.5 Å². The van der Waals surface area contributed by atoms with E-state index in [1.165, 1.54) is 11.1 Å². The lowest BCUT2D eigenvalue weighted by atomic mass is 10.1. The van der Waals surface area contributed by atoms with Gasteiger partial charge in [-0.3, -0.25) is 4.79 Å². The van der Waals surface area contributed by atoms with Gasteiger partial charge in [-0.15, -0.1) is 0 Å². The molecule has 2 rings (SSSR count). The van der Waals surface area contributed by atoms with E-state index in [1.807, 2.05) is 37.4 Å². The van der Waals surface area contributed by atoms with Crippen molar-refractivity contribution in [2.45, 2.75) is 26.8 Å². The van der Waals surface area contributed by atoms with Crippen LogP contribution in [0, 0.1) is 13.8 Å². The van der Waals surface area contributed by atoms with Crippen LogP contribution in [0.3, 0.4) is 0 Å². The van der Waals surface area contributed by atoms with E-state index < -0.39 is 0 Å². The molecule has 3 heteroatoms. The predicted molar refractivity (Wildman–Crippen MR) is 91.9 cm³/mol. The molecule has 0 aliphatic heterocycles. The first-order chi connectivity index (χ1) is 10.6. The smallest absolute Gasteiger partial charge is 0.224 e. The molecule has 0 aliphatic rings. The van der Waals surface area contributed by atoms with Gasteiger partial charge in [0.05, 0.1) is 0 Å². The van der Waals surface area contributed by atoms with Crippen LogP contribution in [-0.4, -0.2) is 24.4 Å². The quantitative estimate of drug-likeness (QED) is 0.880. The SMILES string of the molecule is Cc1ccc(C)c(NCCC(=O)N(C)Cc2ccccc2)c1. The Hall–Kier alpha value is -2.29. The fourth-order valence-corrected chi connectivity index (χ4v) is 2.37. The van der Waals surface area contributed by atoms with Crippen LogP contribution in [0.4, 0.5) is 5.69 Å². The Balaban J connectivity index is 1.81. The van der Waals surface area contributed by atoms with E-state index in [-0.39, 0.29) is 5.91 Å². The highest BCUT2D eigenvalue weighted by atomic mass is 16.2. The molecule has 2 aromatic rings. The third-order valence-corrected chi connectivity index (χ3v) is 3.74. The number of anilines is 1. The summed E-state index contributed by atoms with van der Waals surface area (Å²) in [6, 6.07) is 16.4. The molecule has 0 spiro atoms. The number of nitrogens with one attached hydrogen (secondary N) is 1. The van der Waals surface area contributed by atoms with Crippen molar-refractivity contribution in [1.29, 1.82) is 0 Å². The van der Waals surface area contributed by atoms with Gasteiger partial charge in [0.1, 0.15) is 0 Å². The second kappa shape index (κ2) is 7.64. The van der Waals surface area contributed by atoms with Crippen molar-refractivity contribution >= 4 is 11.6 Å². The van der Waals surface area contributed by atoms with E-state index >= 15 is 0 Å². The highest BCUT2D eigenvalue weighted by Gasteiger charge is 2.09. The van der Waals surface area contributed by atoms with Crippen molar-refractivity contribution in [3.05, 3.63) is 65.2 Å². The van der Waals surface area contributed by atoms with E-state index in [2.05, 4.69) is 37.4 Å². The monoisotopic (exact) mass is 296 g/mol. The van der Waals surface area contributed by atoms with Gasteiger partial charge in [0.25, 0.3) is 0 Å². The first-order valence-corrected chi connectivity index (χ1v) is 7.65. The number of aryl methyl sites for hydroxylation is 2. The van der Waals surface area contributed by atoms with Crippen LogP contribution in [0.2, 0.25) is 0 Å². The molecule has 1 N–H and O–H groups in total. The van der Waals surface area contributed by atoms with Crippen LogP contribution >= 0.6 is 0 Å². The molecule has 2 aromatic carbocycles. The van der Waals surface area contributed by atoms with E-state index in [0.717, 1.165) is 11.3 Å². The minimum atomic E-state index is 0.154. The van der Waals surface area contributed by atoms with Gasteiger partial charge in [-0.1, -0.05) is 42.5 Å². The fraction of sp³-hybridized carbons (Fsp3) is 0.316. The minimum Gasteiger partial charge on any atom is -0.384 e. The molecule has 0 aromatic heterocycles. The second-order valence-corrected chi connectivity index (χ2v) is 5.73. The normalized spacial score (nSPS) is 10.3. The zero-order valence-corrected chi connectivity index (χ0v) is 13.6. The number of carbonyl (C=O) groups is 1. The third-order valence-electron chi connectivity index (χ3n) is 3.74. The molecule has 0 atom stereocenters. The molecule has 0 aliphatic carbocycles. The summed E-state index contributed by atoms with van der Waals surface area (Å²) in [5.41, 5.74) is 4.69. The summed E-state index contributed by atoms with van der Waals surface area (Å²) >= 11 is 0. The number of hydrogen-bond donors (Lipinski definition) is 1.